The summed E-state index contributed by atoms with van der Waals surface area (Å²) in [4.78, 5) is 27.1. The van der Waals surface area contributed by atoms with Crippen molar-refractivity contribution in [3.05, 3.63) is 175 Å². The maximum absolute atomic E-state index is 14.0. The molecule has 0 aromatic heterocycles. The van der Waals surface area contributed by atoms with Crippen LogP contribution in [0.3, 0.4) is 0 Å². The van der Waals surface area contributed by atoms with E-state index in [9.17, 15) is 18.4 Å². The molecule has 6 aromatic rings. The number of rotatable bonds is 14. The van der Waals surface area contributed by atoms with Gasteiger partial charge >= 0.3 is 11.9 Å². The van der Waals surface area contributed by atoms with Crippen LogP contribution in [0.25, 0.3) is 21.5 Å². The highest BCUT2D eigenvalue weighted by atomic mass is 127. The van der Waals surface area contributed by atoms with E-state index in [1.807, 2.05) is 36.4 Å². The average Bonchev–Trinajstić information content (AvgIpc) is 3.17. The molecule has 0 heterocycles. The molecule has 2 N–H and O–H groups in total. The summed E-state index contributed by atoms with van der Waals surface area (Å²) in [6, 6.07) is 36.2. The van der Waals surface area contributed by atoms with Crippen molar-refractivity contribution in [1.29, 1.82) is 0 Å². The Morgan fingerprint density at radius 3 is 1.35 bits per heavy atom. The van der Waals surface area contributed by atoms with Gasteiger partial charge in [0.15, 0.2) is 11.4 Å². The lowest BCUT2D eigenvalue weighted by atomic mass is 9.92. The van der Waals surface area contributed by atoms with Crippen LogP contribution in [0.15, 0.2) is 133 Å². The Morgan fingerprint density at radius 1 is 0.593 bits per heavy atom. The van der Waals surface area contributed by atoms with Crippen LogP contribution in [0.4, 0.5) is 8.78 Å². The summed E-state index contributed by atoms with van der Waals surface area (Å²) in [6.07, 6.45) is 3.71. The molecule has 0 amide bonds. The van der Waals surface area contributed by atoms with Crippen LogP contribution in [0.1, 0.15) is 35.1 Å². The van der Waals surface area contributed by atoms with E-state index in [0.717, 1.165) is 52.0 Å². The van der Waals surface area contributed by atoms with E-state index in [4.69, 9.17) is 9.47 Å². The summed E-state index contributed by atoms with van der Waals surface area (Å²) in [6.45, 7) is 0. The highest BCUT2D eigenvalue weighted by molar-refractivity contribution is 14.1. The lowest BCUT2D eigenvalue weighted by Crippen LogP contribution is -2.45. The van der Waals surface area contributed by atoms with E-state index in [1.54, 1.807) is 38.4 Å². The number of benzene rings is 6. The van der Waals surface area contributed by atoms with Crippen molar-refractivity contribution in [3.63, 3.8) is 0 Å². The van der Waals surface area contributed by atoms with Gasteiger partial charge in [-0.05, 0) is 153 Å². The predicted octanol–water partition coefficient (Wildman–Crippen LogP) is 9.83. The predicted molar refractivity (Wildman–Crippen MR) is 226 cm³/mol. The molecule has 6 nitrogen and oxygen atoms in total. The number of ether oxygens (including phenoxy) is 2. The highest BCUT2D eigenvalue weighted by Gasteiger charge is 2.36. The third kappa shape index (κ3) is 9.16. The molecule has 6 aromatic carbocycles. The zero-order chi connectivity index (χ0) is 38.3. The maximum Gasteiger partial charge on any atom is 0.333 e. The monoisotopic (exact) mass is 950 g/mol. The zero-order valence-electron chi connectivity index (χ0n) is 29.7. The number of carbonyl (C=O) groups is 2. The molecule has 0 saturated carbocycles. The first-order valence-electron chi connectivity index (χ1n) is 17.4. The van der Waals surface area contributed by atoms with Gasteiger partial charge in [-0.3, -0.25) is 10.6 Å². The summed E-state index contributed by atoms with van der Waals surface area (Å²) in [5.74, 6) is -2.46. The van der Waals surface area contributed by atoms with Crippen LogP contribution in [-0.4, -0.2) is 26.0 Å². The van der Waals surface area contributed by atoms with Crippen molar-refractivity contribution in [3.8, 4) is 0 Å². The van der Waals surface area contributed by atoms with Gasteiger partial charge in [-0.25, -0.2) is 18.4 Å². The molecular weight excluding hydrogens is 912 g/mol. The second-order valence-corrected chi connectivity index (χ2v) is 15.4. The number of halogens is 4. The second kappa shape index (κ2) is 17.5. The number of aryl methyl sites for hydroxylation is 2. The Labute approximate surface area is 340 Å². The number of hydrogen-bond donors (Lipinski definition) is 2. The first kappa shape index (κ1) is 39.5. The topological polar surface area (TPSA) is 76.7 Å². The molecular formula is C44H38F2I2N2O4. The van der Waals surface area contributed by atoms with Crippen LogP contribution in [0.2, 0.25) is 0 Å². The number of nitrogens with one attached hydrogen (secondary N) is 2. The van der Waals surface area contributed by atoms with Crippen LogP contribution in [0, 0.1) is 18.8 Å². The minimum absolute atomic E-state index is 0.311. The van der Waals surface area contributed by atoms with Gasteiger partial charge in [0.05, 0.1) is 0 Å². The Bertz CT molecular complexity index is 2150. The molecule has 0 aliphatic rings. The second-order valence-electron chi connectivity index (χ2n) is 12.9. The fourth-order valence-corrected chi connectivity index (χ4v) is 7.87. The minimum Gasteiger partial charge on any atom is -0.436 e. The van der Waals surface area contributed by atoms with Gasteiger partial charge < -0.3 is 9.47 Å². The molecule has 0 saturated heterocycles. The normalized spacial score (nSPS) is 13.8. The Hall–Kier alpha value is -4.24. The highest BCUT2D eigenvalue weighted by Crippen LogP contribution is 2.33. The number of carbonyl (C=O) groups excluding carboxylic acids is 2. The van der Waals surface area contributed by atoms with Gasteiger partial charge in [0.1, 0.15) is 11.6 Å². The fourth-order valence-electron chi connectivity index (χ4n) is 6.84. The largest absolute Gasteiger partial charge is 0.436 e. The average molecular weight is 951 g/mol. The first-order chi connectivity index (χ1) is 26.0. The Balaban J connectivity index is 1.23. The maximum atomic E-state index is 14.0. The third-order valence-electron chi connectivity index (χ3n) is 9.69. The number of fused-ring (bicyclic) bond motifs is 2. The molecule has 6 rings (SSSR count). The van der Waals surface area contributed by atoms with Crippen molar-refractivity contribution in [2.45, 2.75) is 37.1 Å². The van der Waals surface area contributed by atoms with Crippen molar-refractivity contribution >= 4 is 78.7 Å². The summed E-state index contributed by atoms with van der Waals surface area (Å²) < 4.78 is 42.5. The summed E-state index contributed by atoms with van der Waals surface area (Å²) in [5, 5.41) is 10.7. The molecule has 0 radical (unpaired) electrons. The number of esters is 2. The van der Waals surface area contributed by atoms with E-state index in [-0.39, 0.29) is 0 Å². The third-order valence-corrected chi connectivity index (χ3v) is 11.0. The molecule has 2 atom stereocenters. The number of hydrogen-bond acceptors (Lipinski definition) is 6. The van der Waals surface area contributed by atoms with Gasteiger partial charge in [0, 0.05) is 43.3 Å². The van der Waals surface area contributed by atoms with Gasteiger partial charge in [0.25, 0.3) is 0 Å². The van der Waals surface area contributed by atoms with Gasteiger partial charge in [-0.2, -0.15) is 0 Å². The standard InChI is InChI=1S/C44H38F2I2N2O4/c1-49-43(33-9-13-35(45)14-10-33,25-23-29-5-3-7-31-27-37(47)17-19-39(29)31)53-41(51)21-22-42(52)54-44(50-2,34-11-15-36(46)16-12-34)26-24-30-6-4-8-32-28-38(48)18-20-40(30)32/h3-22,27-28,49-50H,23-26H2,1-2H3/b22-21-. The van der Waals surface area contributed by atoms with Gasteiger partial charge in [-0.1, -0.05) is 72.8 Å². The first-order valence-corrected chi connectivity index (χ1v) is 19.6. The van der Waals surface area contributed by atoms with Crippen molar-refractivity contribution in [2.24, 2.45) is 0 Å². The zero-order valence-corrected chi connectivity index (χ0v) is 34.0. The smallest absolute Gasteiger partial charge is 0.333 e. The molecule has 276 valence electrons. The minimum atomic E-state index is -1.36. The summed E-state index contributed by atoms with van der Waals surface area (Å²) in [5.41, 5.74) is 0.484. The van der Waals surface area contributed by atoms with Gasteiger partial charge in [0.2, 0.25) is 0 Å². The Morgan fingerprint density at radius 2 is 0.981 bits per heavy atom. The molecule has 0 bridgehead atoms. The van der Waals surface area contributed by atoms with Gasteiger partial charge in [-0.15, -0.1) is 0 Å². The Kier molecular flexibility index (Phi) is 12.8. The molecule has 0 aliphatic heterocycles. The van der Waals surface area contributed by atoms with Crippen molar-refractivity contribution in [1.82, 2.24) is 10.6 Å². The van der Waals surface area contributed by atoms with Crippen molar-refractivity contribution < 1.29 is 27.8 Å². The van der Waals surface area contributed by atoms with Crippen LogP contribution < -0.4 is 10.6 Å². The molecule has 10 heteroatoms. The lowest BCUT2D eigenvalue weighted by Gasteiger charge is -2.34. The van der Waals surface area contributed by atoms with E-state index in [0.29, 0.717) is 36.8 Å². The fraction of sp³-hybridized carbons (Fsp3) is 0.182. The SMILES string of the molecule is CNC(CCc1cccc2cc(I)ccc12)(OC(=O)/C=C\C(=O)OC(CCc1cccc2cc(I)ccc12)(NC)c1ccc(F)cc1)c1ccc(F)cc1. The quantitative estimate of drug-likeness (QED) is 0.0491. The molecule has 54 heavy (non-hydrogen) atoms. The van der Waals surface area contributed by atoms with Crippen LogP contribution in [0.5, 0.6) is 0 Å². The van der Waals surface area contributed by atoms with Crippen LogP contribution in [-0.2, 0) is 43.4 Å². The van der Waals surface area contributed by atoms with Crippen molar-refractivity contribution in [2.75, 3.05) is 14.1 Å². The van der Waals surface area contributed by atoms with E-state index < -0.39 is 35.0 Å². The van der Waals surface area contributed by atoms with E-state index in [2.05, 4.69) is 92.2 Å². The van der Waals surface area contributed by atoms with E-state index in [1.165, 1.54) is 24.3 Å². The van der Waals surface area contributed by atoms with E-state index >= 15 is 0 Å². The lowest BCUT2D eigenvalue weighted by molar-refractivity contribution is -0.162. The summed E-state index contributed by atoms with van der Waals surface area (Å²) >= 11 is 4.57. The summed E-state index contributed by atoms with van der Waals surface area (Å²) in [7, 11) is 3.33. The molecule has 0 aliphatic carbocycles. The molecule has 2 unspecified atom stereocenters. The molecule has 0 spiro atoms. The molecule has 0 fully saturated rings. The van der Waals surface area contributed by atoms with Crippen LogP contribution >= 0.6 is 45.2 Å².